The molecule has 16 heavy (non-hydrogen) atoms. The third-order valence-electron chi connectivity index (χ3n) is 3.40. The van der Waals surface area contributed by atoms with Crippen LogP contribution in [0, 0.1) is 0 Å². The number of rotatable bonds is 6. The highest BCUT2D eigenvalue weighted by atomic mass is 16.5. The van der Waals surface area contributed by atoms with Crippen LogP contribution in [-0.2, 0) is 4.74 Å². The molecule has 4 nitrogen and oxygen atoms in total. The number of ether oxygens (including phenoxy) is 1. The fourth-order valence-corrected chi connectivity index (χ4v) is 2.27. The van der Waals surface area contributed by atoms with Gasteiger partial charge in [-0.05, 0) is 32.9 Å². The third-order valence-corrected chi connectivity index (χ3v) is 3.40. The van der Waals surface area contributed by atoms with Gasteiger partial charge in [0, 0.05) is 39.4 Å². The van der Waals surface area contributed by atoms with Gasteiger partial charge in [0.25, 0.3) is 0 Å². The number of nitrogens with zero attached hydrogens (tertiary/aromatic N) is 2. The van der Waals surface area contributed by atoms with E-state index in [1.807, 2.05) is 0 Å². The lowest BCUT2D eigenvalue weighted by Crippen LogP contribution is -2.37. The number of methoxy groups -OCH3 is 1. The van der Waals surface area contributed by atoms with Crippen molar-refractivity contribution in [3.8, 4) is 0 Å². The van der Waals surface area contributed by atoms with E-state index in [0.29, 0.717) is 6.04 Å². The van der Waals surface area contributed by atoms with Gasteiger partial charge in [0.2, 0.25) is 0 Å². The van der Waals surface area contributed by atoms with Gasteiger partial charge in [-0.25, -0.2) is 0 Å². The van der Waals surface area contributed by atoms with Crippen molar-refractivity contribution in [3.63, 3.8) is 0 Å². The Morgan fingerprint density at radius 1 is 1.25 bits per heavy atom. The molecule has 0 aromatic carbocycles. The highest BCUT2D eigenvalue weighted by Crippen LogP contribution is 2.09. The van der Waals surface area contributed by atoms with Crippen LogP contribution in [0.2, 0.25) is 0 Å². The number of hydrogen-bond donors (Lipinski definition) is 1. The molecule has 0 bridgehead atoms. The molecule has 0 amide bonds. The van der Waals surface area contributed by atoms with Gasteiger partial charge < -0.3 is 9.84 Å². The van der Waals surface area contributed by atoms with Gasteiger partial charge in [0.15, 0.2) is 0 Å². The highest BCUT2D eigenvalue weighted by Gasteiger charge is 2.18. The standard InChI is InChI=1S/C12H26N2O2/c1-12(4-11-16-2)14-6-3-5-13(7-8-14)9-10-15/h12,15H,3-11H2,1-2H3. The van der Waals surface area contributed by atoms with E-state index < -0.39 is 0 Å². The van der Waals surface area contributed by atoms with Crippen molar-refractivity contribution >= 4 is 0 Å². The Hall–Kier alpha value is -0.160. The molecule has 0 aromatic heterocycles. The van der Waals surface area contributed by atoms with Gasteiger partial charge in [0.1, 0.15) is 0 Å². The predicted molar refractivity (Wildman–Crippen MR) is 65.7 cm³/mol. The molecule has 1 aliphatic heterocycles. The first-order chi connectivity index (χ1) is 7.77. The molecule has 1 unspecified atom stereocenters. The fraction of sp³-hybridized carbons (Fsp3) is 1.00. The molecular weight excluding hydrogens is 204 g/mol. The SMILES string of the molecule is COCCC(C)N1CCCN(CCO)CC1. The van der Waals surface area contributed by atoms with Crippen LogP contribution in [0.1, 0.15) is 19.8 Å². The summed E-state index contributed by atoms with van der Waals surface area (Å²) in [4.78, 5) is 4.89. The lowest BCUT2D eigenvalue weighted by molar-refractivity contribution is 0.138. The van der Waals surface area contributed by atoms with Crippen molar-refractivity contribution in [3.05, 3.63) is 0 Å². The molecule has 0 spiro atoms. The van der Waals surface area contributed by atoms with Crippen LogP contribution in [0.3, 0.4) is 0 Å². The van der Waals surface area contributed by atoms with Gasteiger partial charge in [-0.1, -0.05) is 0 Å². The fourth-order valence-electron chi connectivity index (χ4n) is 2.27. The zero-order chi connectivity index (χ0) is 11.8. The van der Waals surface area contributed by atoms with Crippen molar-refractivity contribution in [2.24, 2.45) is 0 Å². The second-order valence-corrected chi connectivity index (χ2v) is 4.59. The lowest BCUT2D eigenvalue weighted by Gasteiger charge is -2.27. The second kappa shape index (κ2) is 8.01. The van der Waals surface area contributed by atoms with Crippen molar-refractivity contribution in [1.29, 1.82) is 0 Å². The average molecular weight is 230 g/mol. The van der Waals surface area contributed by atoms with Crippen molar-refractivity contribution in [2.45, 2.75) is 25.8 Å². The van der Waals surface area contributed by atoms with Gasteiger partial charge in [-0.15, -0.1) is 0 Å². The summed E-state index contributed by atoms with van der Waals surface area (Å²) in [7, 11) is 1.76. The third kappa shape index (κ3) is 4.78. The van der Waals surface area contributed by atoms with Crippen LogP contribution in [0.15, 0.2) is 0 Å². The van der Waals surface area contributed by atoms with Crippen LogP contribution in [0.4, 0.5) is 0 Å². The first-order valence-electron chi connectivity index (χ1n) is 6.34. The van der Waals surface area contributed by atoms with Crippen LogP contribution in [0.5, 0.6) is 0 Å². The lowest BCUT2D eigenvalue weighted by atomic mass is 10.2. The Bertz CT molecular complexity index is 178. The quantitative estimate of drug-likeness (QED) is 0.717. The Morgan fingerprint density at radius 2 is 2.06 bits per heavy atom. The molecule has 0 saturated carbocycles. The first-order valence-corrected chi connectivity index (χ1v) is 6.34. The summed E-state index contributed by atoms with van der Waals surface area (Å²) >= 11 is 0. The van der Waals surface area contributed by atoms with E-state index in [1.165, 1.54) is 13.0 Å². The molecule has 4 heteroatoms. The largest absolute Gasteiger partial charge is 0.395 e. The Balaban J connectivity index is 2.28. The van der Waals surface area contributed by atoms with E-state index in [0.717, 1.165) is 39.2 Å². The van der Waals surface area contributed by atoms with Crippen molar-refractivity contribution in [1.82, 2.24) is 9.80 Å². The minimum atomic E-state index is 0.277. The van der Waals surface area contributed by atoms with E-state index in [2.05, 4.69) is 16.7 Å². The molecule has 1 aliphatic rings. The van der Waals surface area contributed by atoms with Crippen molar-refractivity contribution < 1.29 is 9.84 Å². The maximum Gasteiger partial charge on any atom is 0.0558 e. The summed E-state index contributed by atoms with van der Waals surface area (Å²) in [6, 6.07) is 0.606. The van der Waals surface area contributed by atoms with E-state index in [-0.39, 0.29) is 6.61 Å². The van der Waals surface area contributed by atoms with Crippen LogP contribution >= 0.6 is 0 Å². The van der Waals surface area contributed by atoms with Gasteiger partial charge in [0.05, 0.1) is 6.61 Å². The van der Waals surface area contributed by atoms with Crippen molar-refractivity contribution in [2.75, 3.05) is 53.0 Å². The van der Waals surface area contributed by atoms with E-state index in [1.54, 1.807) is 7.11 Å². The molecule has 1 rings (SSSR count). The van der Waals surface area contributed by atoms with Crippen LogP contribution < -0.4 is 0 Å². The summed E-state index contributed by atoms with van der Waals surface area (Å²) < 4.78 is 5.12. The zero-order valence-electron chi connectivity index (χ0n) is 10.7. The number of aliphatic hydroxyl groups excluding tert-OH is 1. The van der Waals surface area contributed by atoms with Gasteiger partial charge in [-0.3, -0.25) is 9.80 Å². The maximum atomic E-state index is 8.93. The summed E-state index contributed by atoms with van der Waals surface area (Å²) in [6.07, 6.45) is 2.31. The van der Waals surface area contributed by atoms with Gasteiger partial charge >= 0.3 is 0 Å². The average Bonchev–Trinajstić information content (AvgIpc) is 2.52. The highest BCUT2D eigenvalue weighted by molar-refractivity contribution is 4.74. The maximum absolute atomic E-state index is 8.93. The zero-order valence-corrected chi connectivity index (χ0v) is 10.7. The molecular formula is C12H26N2O2. The second-order valence-electron chi connectivity index (χ2n) is 4.59. The van der Waals surface area contributed by atoms with Crippen LogP contribution in [-0.4, -0.2) is 74.0 Å². The smallest absolute Gasteiger partial charge is 0.0558 e. The minimum absolute atomic E-state index is 0.277. The summed E-state index contributed by atoms with van der Waals surface area (Å²) in [5.74, 6) is 0. The topological polar surface area (TPSA) is 35.9 Å². The molecule has 1 N–H and O–H groups in total. The molecule has 1 saturated heterocycles. The molecule has 1 fully saturated rings. The van der Waals surface area contributed by atoms with Crippen LogP contribution in [0.25, 0.3) is 0 Å². The normalized spacial score (nSPS) is 21.9. The summed E-state index contributed by atoms with van der Waals surface area (Å²) in [6.45, 7) is 8.71. The predicted octanol–water partition coefficient (Wildman–Crippen LogP) is 0.411. The summed E-state index contributed by atoms with van der Waals surface area (Å²) in [5, 5.41) is 8.93. The molecule has 1 atom stereocenters. The molecule has 0 aliphatic carbocycles. The molecule has 1 heterocycles. The number of aliphatic hydroxyl groups is 1. The summed E-state index contributed by atoms with van der Waals surface area (Å²) in [5.41, 5.74) is 0. The van der Waals surface area contributed by atoms with E-state index in [9.17, 15) is 0 Å². The van der Waals surface area contributed by atoms with Gasteiger partial charge in [-0.2, -0.15) is 0 Å². The number of β-amino-alcohol motifs (C(OH)–C–C–N with tert-alkyl or cyclic N) is 1. The monoisotopic (exact) mass is 230 g/mol. The van der Waals surface area contributed by atoms with E-state index in [4.69, 9.17) is 9.84 Å². The molecule has 0 aromatic rings. The minimum Gasteiger partial charge on any atom is -0.395 e. The Morgan fingerprint density at radius 3 is 2.75 bits per heavy atom. The first kappa shape index (κ1) is 13.9. The molecule has 96 valence electrons. The Kier molecular flexibility index (Phi) is 6.96. The van der Waals surface area contributed by atoms with E-state index >= 15 is 0 Å². The Labute approximate surface area is 99.2 Å². The number of hydrogen-bond acceptors (Lipinski definition) is 4. The molecule has 0 radical (unpaired) electrons.